The molecule has 0 aliphatic carbocycles. The molecule has 2 aromatic carbocycles. The summed E-state index contributed by atoms with van der Waals surface area (Å²) in [5.41, 5.74) is 1.93. The molecule has 1 aliphatic rings. The lowest BCUT2D eigenvalue weighted by Crippen LogP contribution is -2.27. The van der Waals surface area contributed by atoms with Crippen molar-refractivity contribution in [3.63, 3.8) is 0 Å². The number of carbonyl (C=O) groups excluding carboxylic acids is 1. The second-order valence-corrected chi connectivity index (χ2v) is 7.95. The van der Waals surface area contributed by atoms with E-state index in [9.17, 15) is 9.59 Å². The highest BCUT2D eigenvalue weighted by atomic mass is 35.5. The maximum Gasteiger partial charge on any atom is 0.258 e. The van der Waals surface area contributed by atoms with E-state index in [0.29, 0.717) is 34.1 Å². The zero-order valence-corrected chi connectivity index (χ0v) is 17.0. The van der Waals surface area contributed by atoms with Crippen molar-refractivity contribution in [1.29, 1.82) is 0 Å². The number of nitrogens with one attached hydrogen (secondary N) is 1. The number of hydrogen-bond acceptors (Lipinski definition) is 3. The maximum atomic E-state index is 13.0. The number of ether oxygens (including phenoxy) is 1. The van der Waals surface area contributed by atoms with Gasteiger partial charge in [-0.25, -0.2) is 0 Å². The van der Waals surface area contributed by atoms with Crippen molar-refractivity contribution in [1.82, 2.24) is 4.57 Å². The molecule has 4 rings (SSSR count). The number of fused-ring (bicyclic) bond motifs is 1. The third-order valence-corrected chi connectivity index (χ3v) is 5.74. The molecule has 1 fully saturated rings. The van der Waals surface area contributed by atoms with E-state index in [2.05, 4.69) is 5.32 Å². The first-order valence-corrected chi connectivity index (χ1v) is 10.2. The molecule has 0 saturated carbocycles. The lowest BCUT2D eigenvalue weighted by Gasteiger charge is -2.23. The Balaban J connectivity index is 1.64. The van der Waals surface area contributed by atoms with Gasteiger partial charge in [0.05, 0.1) is 0 Å². The number of rotatable bonds is 4. The van der Waals surface area contributed by atoms with Gasteiger partial charge >= 0.3 is 0 Å². The van der Waals surface area contributed by atoms with Crippen LogP contribution >= 0.6 is 11.6 Å². The summed E-state index contributed by atoms with van der Waals surface area (Å²) in [5.74, 6) is 0.205. The fourth-order valence-corrected chi connectivity index (χ4v) is 3.98. The first kappa shape index (κ1) is 19.7. The zero-order valence-electron chi connectivity index (χ0n) is 16.3. The van der Waals surface area contributed by atoms with Gasteiger partial charge < -0.3 is 14.6 Å². The molecule has 3 aromatic rings. The van der Waals surface area contributed by atoms with Gasteiger partial charge in [-0.2, -0.15) is 0 Å². The van der Waals surface area contributed by atoms with E-state index in [1.54, 1.807) is 28.8 Å². The molecule has 29 heavy (non-hydrogen) atoms. The summed E-state index contributed by atoms with van der Waals surface area (Å²) in [6.07, 6.45) is 3.76. The Labute approximate surface area is 174 Å². The van der Waals surface area contributed by atoms with Crippen molar-refractivity contribution < 1.29 is 9.53 Å². The molecule has 1 amide bonds. The van der Waals surface area contributed by atoms with Gasteiger partial charge in [-0.1, -0.05) is 23.7 Å². The highest BCUT2D eigenvalue weighted by Gasteiger charge is 2.17. The van der Waals surface area contributed by atoms with Gasteiger partial charge in [-0.3, -0.25) is 9.59 Å². The number of aromatic nitrogens is 1. The minimum atomic E-state index is -0.246. The Bertz CT molecular complexity index is 1120. The SMILES string of the molecule is Cc1ccc(Cl)cc1C(=O)Nc1cccc2c(=O)n(CC3CCOCC3)ccc12. The van der Waals surface area contributed by atoms with Crippen LogP contribution in [0.5, 0.6) is 0 Å². The monoisotopic (exact) mass is 410 g/mol. The number of halogens is 1. The molecule has 1 aromatic heterocycles. The predicted molar refractivity (Wildman–Crippen MR) is 116 cm³/mol. The predicted octanol–water partition coefficient (Wildman–Crippen LogP) is 4.64. The highest BCUT2D eigenvalue weighted by Crippen LogP contribution is 2.24. The second-order valence-electron chi connectivity index (χ2n) is 7.51. The molecule has 6 heteroatoms. The number of nitrogens with zero attached hydrogens (tertiary/aromatic N) is 1. The molecule has 0 atom stereocenters. The number of aryl methyl sites for hydroxylation is 1. The van der Waals surface area contributed by atoms with E-state index >= 15 is 0 Å². The third kappa shape index (κ3) is 4.21. The van der Waals surface area contributed by atoms with Gasteiger partial charge in [0, 0.05) is 53.0 Å². The summed E-state index contributed by atoms with van der Waals surface area (Å²) in [5, 5.41) is 4.77. The van der Waals surface area contributed by atoms with Crippen LogP contribution in [0.1, 0.15) is 28.8 Å². The quantitative estimate of drug-likeness (QED) is 0.681. The Morgan fingerprint density at radius 3 is 2.76 bits per heavy atom. The Morgan fingerprint density at radius 1 is 1.17 bits per heavy atom. The van der Waals surface area contributed by atoms with Crippen LogP contribution in [0.15, 0.2) is 53.5 Å². The van der Waals surface area contributed by atoms with Crippen molar-refractivity contribution in [2.24, 2.45) is 5.92 Å². The summed E-state index contributed by atoms with van der Waals surface area (Å²) >= 11 is 6.05. The average Bonchev–Trinajstić information content (AvgIpc) is 2.73. The van der Waals surface area contributed by atoms with Gasteiger partial charge in [0.25, 0.3) is 11.5 Å². The smallest absolute Gasteiger partial charge is 0.258 e. The average molecular weight is 411 g/mol. The molecule has 0 radical (unpaired) electrons. The lowest BCUT2D eigenvalue weighted by atomic mass is 10.00. The molecule has 0 unspecified atom stereocenters. The Morgan fingerprint density at radius 2 is 1.97 bits per heavy atom. The topological polar surface area (TPSA) is 60.3 Å². The minimum absolute atomic E-state index is 0.0379. The fraction of sp³-hybridized carbons (Fsp3) is 0.304. The maximum absolute atomic E-state index is 13.0. The first-order chi connectivity index (χ1) is 14.0. The summed E-state index contributed by atoms with van der Waals surface area (Å²) in [6, 6.07) is 12.5. The van der Waals surface area contributed by atoms with Gasteiger partial charge in [0.15, 0.2) is 0 Å². The lowest BCUT2D eigenvalue weighted by molar-refractivity contribution is 0.0610. The van der Waals surface area contributed by atoms with Crippen LogP contribution in [-0.2, 0) is 11.3 Å². The fourth-order valence-electron chi connectivity index (χ4n) is 3.81. The van der Waals surface area contributed by atoms with Crippen LogP contribution in [0.25, 0.3) is 10.8 Å². The van der Waals surface area contributed by atoms with E-state index in [1.165, 1.54) is 0 Å². The first-order valence-electron chi connectivity index (χ1n) is 9.80. The van der Waals surface area contributed by atoms with Crippen LogP contribution in [-0.4, -0.2) is 23.7 Å². The standard InChI is InChI=1S/C23H23ClN2O3/c1-15-5-6-17(24)13-20(15)22(27)25-21-4-2-3-19-18(21)7-10-26(23(19)28)14-16-8-11-29-12-9-16/h2-7,10,13,16H,8-9,11-12,14H2,1H3,(H,25,27). The Kier molecular flexibility index (Phi) is 5.69. The van der Waals surface area contributed by atoms with Gasteiger partial charge in [0.1, 0.15) is 0 Å². The van der Waals surface area contributed by atoms with Crippen molar-refractivity contribution in [3.05, 3.63) is 75.2 Å². The van der Waals surface area contributed by atoms with E-state index in [0.717, 1.165) is 37.0 Å². The number of carbonyl (C=O) groups is 1. The van der Waals surface area contributed by atoms with Gasteiger partial charge in [0.2, 0.25) is 0 Å². The van der Waals surface area contributed by atoms with Crippen molar-refractivity contribution >= 4 is 34.0 Å². The van der Waals surface area contributed by atoms with Crippen LogP contribution < -0.4 is 10.9 Å². The van der Waals surface area contributed by atoms with Crippen LogP contribution in [0.4, 0.5) is 5.69 Å². The number of anilines is 1. The molecule has 2 heterocycles. The van der Waals surface area contributed by atoms with Gasteiger partial charge in [-0.15, -0.1) is 0 Å². The van der Waals surface area contributed by atoms with E-state index < -0.39 is 0 Å². The second kappa shape index (κ2) is 8.39. The van der Waals surface area contributed by atoms with Gasteiger partial charge in [-0.05, 0) is 61.6 Å². The highest BCUT2D eigenvalue weighted by molar-refractivity contribution is 6.31. The molecule has 5 nitrogen and oxygen atoms in total. The van der Waals surface area contributed by atoms with Crippen molar-refractivity contribution in [2.45, 2.75) is 26.3 Å². The normalized spacial score (nSPS) is 14.8. The summed E-state index contributed by atoms with van der Waals surface area (Å²) in [4.78, 5) is 25.8. The number of hydrogen-bond donors (Lipinski definition) is 1. The van der Waals surface area contributed by atoms with E-state index in [1.807, 2.05) is 31.3 Å². The van der Waals surface area contributed by atoms with Crippen molar-refractivity contribution in [3.8, 4) is 0 Å². The number of pyridine rings is 1. The zero-order chi connectivity index (χ0) is 20.4. The van der Waals surface area contributed by atoms with Crippen LogP contribution in [0.3, 0.4) is 0 Å². The molecule has 1 saturated heterocycles. The largest absolute Gasteiger partial charge is 0.381 e. The Hall–Kier alpha value is -2.63. The number of benzene rings is 2. The molecule has 0 bridgehead atoms. The summed E-state index contributed by atoms with van der Waals surface area (Å²) in [7, 11) is 0. The van der Waals surface area contributed by atoms with E-state index in [-0.39, 0.29) is 11.5 Å². The van der Waals surface area contributed by atoms with Crippen molar-refractivity contribution in [2.75, 3.05) is 18.5 Å². The number of amides is 1. The molecule has 1 N–H and O–H groups in total. The van der Waals surface area contributed by atoms with Crippen LogP contribution in [0, 0.1) is 12.8 Å². The molecular formula is C23H23ClN2O3. The summed E-state index contributed by atoms with van der Waals surface area (Å²) in [6.45, 7) is 4.07. The summed E-state index contributed by atoms with van der Waals surface area (Å²) < 4.78 is 7.18. The molecule has 1 aliphatic heterocycles. The van der Waals surface area contributed by atoms with Crippen LogP contribution in [0.2, 0.25) is 5.02 Å². The molecular weight excluding hydrogens is 388 g/mol. The minimum Gasteiger partial charge on any atom is -0.381 e. The third-order valence-electron chi connectivity index (χ3n) is 5.51. The molecule has 150 valence electrons. The van der Waals surface area contributed by atoms with E-state index in [4.69, 9.17) is 16.3 Å². The molecule has 0 spiro atoms.